The molecule has 0 N–H and O–H groups in total. The van der Waals surface area contributed by atoms with Gasteiger partial charge in [-0.3, -0.25) is 19.3 Å². The molecule has 24 heavy (non-hydrogen) atoms. The molecule has 1 saturated carbocycles. The Balaban J connectivity index is 1.53. The number of hydrogen-bond donors (Lipinski definition) is 0. The van der Waals surface area contributed by atoms with Gasteiger partial charge in [0.1, 0.15) is 0 Å². The van der Waals surface area contributed by atoms with Gasteiger partial charge >= 0.3 is 0 Å². The molecule has 6 heteroatoms. The Bertz CT molecular complexity index is 720. The fraction of sp³-hybridized carbons (Fsp3) is 0.500. The van der Waals surface area contributed by atoms with E-state index < -0.39 is 0 Å². The lowest BCUT2D eigenvalue weighted by Gasteiger charge is -2.18. The lowest BCUT2D eigenvalue weighted by Crippen LogP contribution is -2.31. The second-order valence-corrected chi connectivity index (χ2v) is 6.83. The summed E-state index contributed by atoms with van der Waals surface area (Å²) in [4.78, 5) is 40.5. The predicted octanol–water partition coefficient (Wildman–Crippen LogP) is 1.41. The van der Waals surface area contributed by atoms with Crippen LogP contribution in [-0.2, 0) is 4.74 Å². The Hall–Kier alpha value is -2.21. The smallest absolute Gasteiger partial charge is 0.261 e. The zero-order valence-electron chi connectivity index (χ0n) is 13.7. The molecule has 3 aliphatic rings. The number of benzene rings is 1. The van der Waals surface area contributed by atoms with Crippen molar-refractivity contribution in [2.45, 2.75) is 12.8 Å². The number of ether oxygens (including phenoxy) is 1. The number of piperidine rings is 1. The number of nitrogens with zero attached hydrogens (tertiary/aromatic N) is 2. The number of hydrogen-bond acceptors (Lipinski definition) is 4. The average molecular weight is 328 g/mol. The zero-order chi connectivity index (χ0) is 16.8. The number of methoxy groups -OCH3 is 1. The van der Waals surface area contributed by atoms with Gasteiger partial charge in [0.15, 0.2) is 0 Å². The first kappa shape index (κ1) is 15.3. The summed E-state index contributed by atoms with van der Waals surface area (Å²) in [6.07, 6.45) is 1.84. The number of fused-ring (bicyclic) bond motifs is 2. The van der Waals surface area contributed by atoms with Crippen molar-refractivity contribution in [1.82, 2.24) is 9.80 Å². The maximum Gasteiger partial charge on any atom is 0.261 e. The van der Waals surface area contributed by atoms with Crippen LogP contribution in [0.3, 0.4) is 0 Å². The van der Waals surface area contributed by atoms with Crippen LogP contribution < -0.4 is 0 Å². The minimum Gasteiger partial charge on any atom is -0.385 e. The molecule has 2 atom stereocenters. The molecule has 1 aromatic rings. The lowest BCUT2D eigenvalue weighted by atomic mass is 10.0. The first-order chi connectivity index (χ1) is 11.6. The monoisotopic (exact) mass is 328 g/mol. The molecule has 0 radical (unpaired) electrons. The summed E-state index contributed by atoms with van der Waals surface area (Å²) in [5, 5.41) is 0. The normalized spacial score (nSPS) is 24.4. The number of carbonyl (C=O) groups excluding carboxylic acids is 3. The Labute approximate surface area is 140 Å². The molecule has 0 bridgehead atoms. The quantitative estimate of drug-likeness (QED) is 0.605. The Morgan fingerprint density at radius 2 is 1.88 bits per heavy atom. The van der Waals surface area contributed by atoms with Crippen LogP contribution in [-0.4, -0.2) is 60.9 Å². The topological polar surface area (TPSA) is 66.9 Å². The van der Waals surface area contributed by atoms with Gasteiger partial charge in [-0.15, -0.1) is 0 Å². The molecule has 2 aliphatic heterocycles. The number of carbonyl (C=O) groups is 3. The van der Waals surface area contributed by atoms with Crippen molar-refractivity contribution in [3.05, 3.63) is 34.9 Å². The number of amides is 3. The van der Waals surface area contributed by atoms with Gasteiger partial charge in [0.2, 0.25) is 0 Å². The molecule has 1 aliphatic carbocycles. The summed E-state index contributed by atoms with van der Waals surface area (Å²) in [6, 6.07) is 4.85. The molecule has 2 heterocycles. The van der Waals surface area contributed by atoms with Crippen molar-refractivity contribution in [3.63, 3.8) is 0 Å². The molecule has 0 aromatic heterocycles. The van der Waals surface area contributed by atoms with Gasteiger partial charge in [-0.05, 0) is 42.9 Å². The van der Waals surface area contributed by atoms with Crippen molar-refractivity contribution < 1.29 is 19.1 Å². The fourth-order valence-corrected chi connectivity index (χ4v) is 3.74. The highest BCUT2D eigenvalue weighted by Gasteiger charge is 2.46. The van der Waals surface area contributed by atoms with E-state index in [4.69, 9.17) is 4.74 Å². The van der Waals surface area contributed by atoms with Gasteiger partial charge in [0.05, 0.1) is 11.1 Å². The van der Waals surface area contributed by atoms with Crippen LogP contribution in [0.5, 0.6) is 0 Å². The zero-order valence-corrected chi connectivity index (χ0v) is 13.7. The molecule has 0 spiro atoms. The van der Waals surface area contributed by atoms with E-state index in [-0.39, 0.29) is 17.7 Å². The van der Waals surface area contributed by atoms with E-state index in [9.17, 15) is 14.4 Å². The van der Waals surface area contributed by atoms with Crippen LogP contribution in [0.4, 0.5) is 0 Å². The van der Waals surface area contributed by atoms with Crippen LogP contribution in [0.1, 0.15) is 43.9 Å². The van der Waals surface area contributed by atoms with Gasteiger partial charge in [-0.25, -0.2) is 0 Å². The minimum absolute atomic E-state index is 0.0388. The van der Waals surface area contributed by atoms with E-state index >= 15 is 0 Å². The summed E-state index contributed by atoms with van der Waals surface area (Å²) >= 11 is 0. The van der Waals surface area contributed by atoms with Crippen molar-refractivity contribution in [2.75, 3.05) is 33.4 Å². The Morgan fingerprint density at radius 3 is 2.58 bits per heavy atom. The highest BCUT2D eigenvalue weighted by Crippen LogP contribution is 2.45. The van der Waals surface area contributed by atoms with E-state index in [2.05, 4.69) is 0 Å². The third kappa shape index (κ3) is 2.41. The van der Waals surface area contributed by atoms with Crippen molar-refractivity contribution in [1.29, 1.82) is 0 Å². The molecular weight excluding hydrogens is 308 g/mol. The summed E-state index contributed by atoms with van der Waals surface area (Å²) in [6.45, 7) is 2.46. The molecule has 2 unspecified atom stereocenters. The average Bonchev–Trinajstić information content (AvgIpc) is 3.13. The Morgan fingerprint density at radius 1 is 1.17 bits per heavy atom. The van der Waals surface area contributed by atoms with Gasteiger partial charge in [-0.1, -0.05) is 0 Å². The first-order valence-corrected chi connectivity index (χ1v) is 8.38. The summed E-state index contributed by atoms with van der Waals surface area (Å²) in [5.41, 5.74) is 1.22. The standard InChI is InChI=1S/C18H20N2O4/c1-24-6-2-5-20-17(22)14-4-3-11(8-15(14)18(20)23)16(21)19-9-12-7-13(12)10-19/h3-4,8,12-13H,2,5-7,9-10H2,1H3. The number of likely N-dealkylation sites (tertiary alicyclic amines) is 1. The molecule has 4 rings (SSSR count). The lowest BCUT2D eigenvalue weighted by molar-refractivity contribution is 0.0638. The maximum atomic E-state index is 12.6. The largest absolute Gasteiger partial charge is 0.385 e. The van der Waals surface area contributed by atoms with Gasteiger partial charge < -0.3 is 9.64 Å². The van der Waals surface area contributed by atoms with Crippen molar-refractivity contribution in [3.8, 4) is 0 Å². The highest BCUT2D eigenvalue weighted by atomic mass is 16.5. The van der Waals surface area contributed by atoms with E-state index in [0.717, 1.165) is 13.1 Å². The summed E-state index contributed by atoms with van der Waals surface area (Å²) < 4.78 is 4.97. The summed E-state index contributed by atoms with van der Waals surface area (Å²) in [5.74, 6) is 0.700. The molecule has 2 fully saturated rings. The molecule has 126 valence electrons. The third-order valence-corrected chi connectivity index (χ3v) is 5.21. The van der Waals surface area contributed by atoms with Crippen LogP contribution in [0.15, 0.2) is 18.2 Å². The van der Waals surface area contributed by atoms with E-state index in [1.54, 1.807) is 25.3 Å². The first-order valence-electron chi connectivity index (χ1n) is 8.38. The van der Waals surface area contributed by atoms with Crippen molar-refractivity contribution >= 4 is 17.7 Å². The second kappa shape index (κ2) is 5.70. The number of imide groups is 1. The SMILES string of the molecule is COCCCN1C(=O)c2ccc(C(=O)N3CC4CC4C3)cc2C1=O. The van der Waals surface area contributed by atoms with Gasteiger partial charge in [0.25, 0.3) is 17.7 Å². The van der Waals surface area contributed by atoms with E-state index in [1.807, 2.05) is 4.90 Å². The number of rotatable bonds is 5. The minimum atomic E-state index is -0.315. The maximum absolute atomic E-state index is 12.6. The van der Waals surface area contributed by atoms with Gasteiger partial charge in [-0.2, -0.15) is 0 Å². The van der Waals surface area contributed by atoms with Crippen LogP contribution in [0, 0.1) is 11.8 Å². The molecule has 6 nitrogen and oxygen atoms in total. The van der Waals surface area contributed by atoms with Crippen molar-refractivity contribution in [2.24, 2.45) is 11.8 Å². The second-order valence-electron chi connectivity index (χ2n) is 6.83. The van der Waals surface area contributed by atoms with E-state index in [1.165, 1.54) is 11.3 Å². The molecular formula is C18H20N2O4. The molecule has 3 amide bonds. The predicted molar refractivity (Wildman–Crippen MR) is 85.8 cm³/mol. The highest BCUT2D eigenvalue weighted by molar-refractivity contribution is 6.22. The van der Waals surface area contributed by atoms with Crippen LogP contribution in [0.2, 0.25) is 0 Å². The third-order valence-electron chi connectivity index (χ3n) is 5.21. The van der Waals surface area contributed by atoms with E-state index in [0.29, 0.717) is 48.1 Å². The van der Waals surface area contributed by atoms with Gasteiger partial charge in [0, 0.05) is 38.9 Å². The molecule has 1 saturated heterocycles. The van der Waals surface area contributed by atoms with Crippen LogP contribution in [0.25, 0.3) is 0 Å². The van der Waals surface area contributed by atoms with Crippen LogP contribution >= 0.6 is 0 Å². The molecule has 1 aromatic carbocycles. The fourth-order valence-electron chi connectivity index (χ4n) is 3.74. The summed E-state index contributed by atoms with van der Waals surface area (Å²) in [7, 11) is 1.59. The Kier molecular flexibility index (Phi) is 3.64.